The topological polar surface area (TPSA) is 20.3 Å². The molecule has 2 nitrogen and oxygen atoms in total. The van der Waals surface area contributed by atoms with Gasteiger partial charge in [0, 0.05) is 24.1 Å². The van der Waals surface area contributed by atoms with Crippen molar-refractivity contribution in [2.24, 2.45) is 0 Å². The molecule has 1 fully saturated rings. The van der Waals surface area contributed by atoms with Crippen LogP contribution in [0.25, 0.3) is 6.08 Å². The quantitative estimate of drug-likeness (QED) is 0.732. The molecule has 0 unspecified atom stereocenters. The first-order valence-corrected chi connectivity index (χ1v) is 6.30. The van der Waals surface area contributed by atoms with Crippen molar-refractivity contribution in [1.29, 1.82) is 0 Å². The lowest BCUT2D eigenvalue weighted by Gasteiger charge is -2.13. The smallest absolute Gasteiger partial charge is 0.224 e. The Morgan fingerprint density at radius 1 is 1.64 bits per heavy atom. The number of carbonyl (C=O) groups excluding carboxylic acids is 1. The fourth-order valence-electron chi connectivity index (χ4n) is 1.36. The van der Waals surface area contributed by atoms with Crippen LogP contribution in [0.4, 0.5) is 0 Å². The van der Waals surface area contributed by atoms with E-state index in [1.54, 1.807) is 30.0 Å². The second-order valence-corrected chi connectivity index (χ2v) is 5.11. The summed E-state index contributed by atoms with van der Waals surface area (Å²) in [4.78, 5) is 14.3. The predicted octanol–water partition coefficient (Wildman–Crippen LogP) is 2.64. The van der Waals surface area contributed by atoms with Gasteiger partial charge in [-0.1, -0.05) is 6.07 Å². The van der Waals surface area contributed by atoms with E-state index in [2.05, 4.69) is 12.1 Å². The summed E-state index contributed by atoms with van der Waals surface area (Å²) in [6, 6.07) is 4.09. The highest BCUT2D eigenvalue weighted by Crippen LogP contribution is 2.30. The van der Waals surface area contributed by atoms with Crippen LogP contribution in [0.3, 0.4) is 0 Å². The zero-order valence-corrected chi connectivity index (χ0v) is 9.53. The summed E-state index contributed by atoms with van der Waals surface area (Å²) in [5.41, 5.74) is 0. The van der Waals surface area contributed by atoms with Gasteiger partial charge in [0.25, 0.3) is 0 Å². The van der Waals surface area contributed by atoms with Crippen LogP contribution in [-0.4, -0.2) is 23.1 Å². The third kappa shape index (κ3) is 2.01. The molecule has 0 spiro atoms. The van der Waals surface area contributed by atoms with Crippen molar-refractivity contribution < 1.29 is 4.79 Å². The van der Waals surface area contributed by atoms with E-state index in [-0.39, 0.29) is 5.91 Å². The monoisotopic (exact) mass is 225 g/mol. The summed E-state index contributed by atoms with van der Waals surface area (Å²) in [6.07, 6.45) is 2.09. The van der Waals surface area contributed by atoms with Gasteiger partial charge in [-0.2, -0.15) is 0 Å². The van der Waals surface area contributed by atoms with Gasteiger partial charge < -0.3 is 4.90 Å². The third-order valence-electron chi connectivity index (χ3n) is 2.02. The molecule has 0 bridgehead atoms. The molecule has 1 aromatic heterocycles. The molecule has 0 aromatic carbocycles. The van der Waals surface area contributed by atoms with Gasteiger partial charge in [0.05, 0.1) is 5.03 Å². The molecule has 0 saturated carbocycles. The Bertz CT molecular complexity index is 356. The van der Waals surface area contributed by atoms with Crippen molar-refractivity contribution in [3.63, 3.8) is 0 Å². The lowest BCUT2D eigenvalue weighted by atomic mass is 10.4. The number of amides is 1. The van der Waals surface area contributed by atoms with Gasteiger partial charge in [-0.3, -0.25) is 4.79 Å². The highest BCUT2D eigenvalue weighted by atomic mass is 32.2. The number of carbonyl (C=O) groups is 1. The molecule has 0 radical (unpaired) electrons. The van der Waals surface area contributed by atoms with Crippen molar-refractivity contribution in [3.8, 4) is 0 Å². The largest absolute Gasteiger partial charge is 0.306 e. The van der Waals surface area contributed by atoms with Gasteiger partial charge in [-0.05, 0) is 17.5 Å². The van der Waals surface area contributed by atoms with Gasteiger partial charge >= 0.3 is 0 Å². The third-order valence-corrected chi connectivity index (χ3v) is 3.86. The fourth-order valence-corrected chi connectivity index (χ4v) is 3.15. The molecule has 1 saturated heterocycles. The summed E-state index contributed by atoms with van der Waals surface area (Å²) < 4.78 is 0. The molecule has 0 N–H and O–H groups in total. The van der Waals surface area contributed by atoms with Crippen LogP contribution >= 0.6 is 23.1 Å². The van der Waals surface area contributed by atoms with Crippen molar-refractivity contribution in [1.82, 2.24) is 4.90 Å². The second-order valence-electron chi connectivity index (χ2n) is 3.02. The Kier molecular flexibility index (Phi) is 2.93. The number of hydrogen-bond donors (Lipinski definition) is 0. The molecule has 0 aliphatic carbocycles. The van der Waals surface area contributed by atoms with E-state index in [0.29, 0.717) is 0 Å². The molecule has 1 aliphatic rings. The van der Waals surface area contributed by atoms with Gasteiger partial charge in [-0.25, -0.2) is 0 Å². The molecule has 1 aromatic rings. The van der Waals surface area contributed by atoms with Crippen molar-refractivity contribution in [2.45, 2.75) is 6.92 Å². The molecule has 4 heteroatoms. The SMILES string of the molecule is CC(=O)N1CCS/C1=C/c1cccs1. The summed E-state index contributed by atoms with van der Waals surface area (Å²) in [5, 5.41) is 3.13. The summed E-state index contributed by atoms with van der Waals surface area (Å²) in [7, 11) is 0. The van der Waals surface area contributed by atoms with Crippen LogP contribution in [0.2, 0.25) is 0 Å². The van der Waals surface area contributed by atoms with Crippen molar-refractivity contribution in [2.75, 3.05) is 12.3 Å². The average molecular weight is 225 g/mol. The molecule has 2 heterocycles. The first kappa shape index (κ1) is 9.80. The number of rotatable bonds is 1. The van der Waals surface area contributed by atoms with E-state index in [1.807, 2.05) is 16.3 Å². The van der Waals surface area contributed by atoms with Gasteiger partial charge in [-0.15, -0.1) is 23.1 Å². The minimum Gasteiger partial charge on any atom is -0.306 e. The fraction of sp³-hybridized carbons (Fsp3) is 0.300. The van der Waals surface area contributed by atoms with E-state index in [1.165, 1.54) is 4.88 Å². The maximum atomic E-state index is 11.3. The molecular formula is C10H11NOS2. The Balaban J connectivity index is 2.21. The van der Waals surface area contributed by atoms with E-state index in [4.69, 9.17) is 0 Å². The first-order chi connectivity index (χ1) is 6.77. The number of thiophene rings is 1. The lowest BCUT2D eigenvalue weighted by molar-refractivity contribution is -0.126. The van der Waals surface area contributed by atoms with E-state index in [0.717, 1.165) is 17.3 Å². The Morgan fingerprint density at radius 3 is 3.14 bits per heavy atom. The number of hydrogen-bond acceptors (Lipinski definition) is 3. The highest BCUT2D eigenvalue weighted by molar-refractivity contribution is 8.03. The zero-order valence-electron chi connectivity index (χ0n) is 7.90. The average Bonchev–Trinajstić information content (AvgIpc) is 2.75. The Hall–Kier alpha value is -0.740. The minimum atomic E-state index is 0.137. The Morgan fingerprint density at radius 2 is 2.50 bits per heavy atom. The van der Waals surface area contributed by atoms with Crippen molar-refractivity contribution >= 4 is 35.1 Å². The maximum absolute atomic E-state index is 11.3. The highest BCUT2D eigenvalue weighted by Gasteiger charge is 2.20. The summed E-state index contributed by atoms with van der Waals surface area (Å²) in [6.45, 7) is 2.46. The van der Waals surface area contributed by atoms with E-state index < -0.39 is 0 Å². The normalized spacial score (nSPS) is 19.2. The summed E-state index contributed by atoms with van der Waals surface area (Å²) >= 11 is 3.45. The molecular weight excluding hydrogens is 214 g/mol. The standard InChI is InChI=1S/C10H11NOS2/c1-8(12)11-4-6-14-10(11)7-9-3-2-5-13-9/h2-3,5,7H,4,6H2,1H3/b10-7+. The molecule has 0 atom stereocenters. The molecule has 74 valence electrons. The minimum absolute atomic E-state index is 0.137. The lowest BCUT2D eigenvalue weighted by Crippen LogP contribution is -2.23. The number of thioether (sulfide) groups is 1. The van der Waals surface area contributed by atoms with E-state index >= 15 is 0 Å². The Labute approximate surface area is 91.6 Å². The molecule has 2 rings (SSSR count). The summed E-state index contributed by atoms with van der Waals surface area (Å²) in [5.74, 6) is 1.15. The van der Waals surface area contributed by atoms with Gasteiger partial charge in [0.15, 0.2) is 0 Å². The van der Waals surface area contributed by atoms with Crippen LogP contribution in [0, 0.1) is 0 Å². The first-order valence-electron chi connectivity index (χ1n) is 4.43. The molecule has 1 amide bonds. The maximum Gasteiger partial charge on any atom is 0.224 e. The second kappa shape index (κ2) is 4.19. The predicted molar refractivity (Wildman–Crippen MR) is 62.1 cm³/mol. The van der Waals surface area contributed by atoms with Crippen LogP contribution in [0.1, 0.15) is 11.8 Å². The van der Waals surface area contributed by atoms with Gasteiger partial charge in [0.1, 0.15) is 0 Å². The number of nitrogens with zero attached hydrogens (tertiary/aromatic N) is 1. The van der Waals surface area contributed by atoms with Gasteiger partial charge in [0.2, 0.25) is 5.91 Å². The molecule has 1 aliphatic heterocycles. The van der Waals surface area contributed by atoms with Crippen LogP contribution < -0.4 is 0 Å². The van der Waals surface area contributed by atoms with Crippen LogP contribution in [-0.2, 0) is 4.79 Å². The zero-order chi connectivity index (χ0) is 9.97. The van der Waals surface area contributed by atoms with E-state index in [9.17, 15) is 4.79 Å². The van der Waals surface area contributed by atoms with Crippen LogP contribution in [0.15, 0.2) is 22.5 Å². The van der Waals surface area contributed by atoms with Crippen molar-refractivity contribution in [3.05, 3.63) is 27.4 Å². The molecule has 14 heavy (non-hydrogen) atoms. The van der Waals surface area contributed by atoms with Crippen LogP contribution in [0.5, 0.6) is 0 Å².